The van der Waals surface area contributed by atoms with Gasteiger partial charge in [-0.2, -0.15) is 9.97 Å². The van der Waals surface area contributed by atoms with E-state index in [4.69, 9.17) is 34.9 Å². The fourth-order valence-corrected chi connectivity index (χ4v) is 10.6. The third-order valence-electron chi connectivity index (χ3n) is 14.3. The van der Waals surface area contributed by atoms with Crippen LogP contribution < -0.4 is 9.80 Å². The van der Waals surface area contributed by atoms with Crippen molar-refractivity contribution in [2.24, 2.45) is 0 Å². The molecular formula is C71H47N9. The van der Waals surface area contributed by atoms with Crippen molar-refractivity contribution in [1.29, 1.82) is 0 Å². The minimum absolute atomic E-state index is 0.485. The van der Waals surface area contributed by atoms with Gasteiger partial charge in [0.2, 0.25) is 5.95 Å². The highest BCUT2D eigenvalue weighted by Gasteiger charge is 2.35. The number of hydrogen-bond donors (Lipinski definition) is 0. The molecule has 0 spiro atoms. The Morgan fingerprint density at radius 3 is 0.925 bits per heavy atom. The molecule has 376 valence electrons. The molecule has 13 aromatic rings. The lowest BCUT2D eigenvalue weighted by molar-refractivity contribution is 1.01. The van der Waals surface area contributed by atoms with Crippen LogP contribution in [0.5, 0.6) is 0 Å². The first-order chi connectivity index (χ1) is 39.7. The summed E-state index contributed by atoms with van der Waals surface area (Å²) in [6.07, 6.45) is 0. The van der Waals surface area contributed by atoms with Gasteiger partial charge in [0.25, 0.3) is 0 Å². The number of fused-ring (bicyclic) bond motifs is 2. The van der Waals surface area contributed by atoms with Crippen molar-refractivity contribution >= 4 is 34.4 Å². The molecule has 14 rings (SSSR count). The first-order valence-electron chi connectivity index (χ1n) is 26.6. The molecule has 80 heavy (non-hydrogen) atoms. The number of anilines is 6. The van der Waals surface area contributed by atoms with Crippen LogP contribution in [0.1, 0.15) is 0 Å². The van der Waals surface area contributed by atoms with Crippen molar-refractivity contribution < 1.29 is 0 Å². The second-order valence-electron chi connectivity index (χ2n) is 19.3. The molecule has 1 aliphatic heterocycles. The second kappa shape index (κ2) is 20.8. The van der Waals surface area contributed by atoms with Gasteiger partial charge < -0.3 is 4.90 Å². The average molecular weight is 1030 g/mol. The monoisotopic (exact) mass is 1030 g/mol. The van der Waals surface area contributed by atoms with Gasteiger partial charge in [0.15, 0.2) is 23.3 Å². The first kappa shape index (κ1) is 47.4. The van der Waals surface area contributed by atoms with Gasteiger partial charge in [-0.3, -0.25) is 4.90 Å². The minimum Gasteiger partial charge on any atom is -0.306 e. The van der Waals surface area contributed by atoms with Crippen molar-refractivity contribution in [3.63, 3.8) is 0 Å². The van der Waals surface area contributed by atoms with Crippen LogP contribution in [0.25, 0.3) is 102 Å². The molecule has 9 heteroatoms. The van der Waals surface area contributed by atoms with Crippen LogP contribution in [0.15, 0.2) is 285 Å². The predicted octanol–water partition coefficient (Wildman–Crippen LogP) is 17.7. The number of para-hydroxylation sites is 4. The highest BCUT2D eigenvalue weighted by molar-refractivity contribution is 6.07. The van der Waals surface area contributed by atoms with Crippen molar-refractivity contribution in [2.75, 3.05) is 9.80 Å². The van der Waals surface area contributed by atoms with E-state index in [9.17, 15) is 0 Å². The van der Waals surface area contributed by atoms with Gasteiger partial charge >= 0.3 is 0 Å². The molecule has 0 atom stereocenters. The summed E-state index contributed by atoms with van der Waals surface area (Å²) in [7, 11) is 0. The SMILES string of the molecule is c1ccc(-c2cc(-c3c(N4c5ccccc5N(c5nc(-c6ccccc6)nc(-c6ccccc6)n5)c5ccccc54)ccc(-c4nc(-c5ccccc5)cc(-c5ccccc5)n4)c3-c3ccccc3)nc(-c3ccccc3)n2)cc1. The Hall–Kier alpha value is -11.0. The van der Waals surface area contributed by atoms with E-state index in [-0.39, 0.29) is 0 Å². The summed E-state index contributed by atoms with van der Waals surface area (Å²) in [6.45, 7) is 0. The average Bonchev–Trinajstić information content (AvgIpc) is 3.66. The van der Waals surface area contributed by atoms with Crippen LogP contribution >= 0.6 is 0 Å². The molecule has 0 bridgehead atoms. The number of rotatable bonds is 11. The van der Waals surface area contributed by atoms with E-state index < -0.39 is 0 Å². The van der Waals surface area contributed by atoms with Crippen LogP contribution in [0.3, 0.4) is 0 Å². The maximum Gasteiger partial charge on any atom is 0.238 e. The summed E-state index contributed by atoms with van der Waals surface area (Å²) in [4.78, 5) is 42.1. The van der Waals surface area contributed by atoms with E-state index in [2.05, 4.69) is 161 Å². The minimum atomic E-state index is 0.485. The summed E-state index contributed by atoms with van der Waals surface area (Å²) in [6, 6.07) is 97.4. The maximum atomic E-state index is 5.64. The largest absolute Gasteiger partial charge is 0.306 e. The molecule has 0 saturated heterocycles. The van der Waals surface area contributed by atoms with Crippen molar-refractivity contribution in [3.8, 4) is 102 Å². The van der Waals surface area contributed by atoms with E-state index in [0.717, 1.165) is 101 Å². The lowest BCUT2D eigenvalue weighted by atomic mass is 9.88. The van der Waals surface area contributed by atoms with Crippen LogP contribution in [-0.4, -0.2) is 34.9 Å². The Kier molecular flexibility index (Phi) is 12.3. The van der Waals surface area contributed by atoms with Gasteiger partial charge in [0.05, 0.1) is 51.2 Å². The molecular weight excluding hydrogens is 979 g/mol. The highest BCUT2D eigenvalue weighted by atomic mass is 15.3. The normalized spacial score (nSPS) is 11.7. The highest BCUT2D eigenvalue weighted by Crippen LogP contribution is 2.57. The molecule has 0 fully saturated rings. The topological polar surface area (TPSA) is 96.7 Å². The van der Waals surface area contributed by atoms with Gasteiger partial charge in [0.1, 0.15) is 0 Å². The third kappa shape index (κ3) is 9.00. The molecule has 3 aromatic heterocycles. The number of hydrogen-bond acceptors (Lipinski definition) is 9. The lowest BCUT2D eigenvalue weighted by Gasteiger charge is -2.40. The van der Waals surface area contributed by atoms with Crippen LogP contribution in [0.2, 0.25) is 0 Å². The number of aromatic nitrogens is 7. The molecule has 0 N–H and O–H groups in total. The molecule has 1 aliphatic rings. The van der Waals surface area contributed by atoms with E-state index in [0.29, 0.717) is 34.9 Å². The predicted molar refractivity (Wildman–Crippen MR) is 323 cm³/mol. The lowest BCUT2D eigenvalue weighted by Crippen LogP contribution is -2.26. The number of benzene rings is 10. The zero-order chi connectivity index (χ0) is 53.2. The van der Waals surface area contributed by atoms with Crippen molar-refractivity contribution in [3.05, 3.63) is 285 Å². The summed E-state index contributed by atoms with van der Waals surface area (Å²) >= 11 is 0. The van der Waals surface area contributed by atoms with Gasteiger partial charge in [-0.15, -0.1) is 0 Å². The molecule has 0 amide bonds. The molecule has 4 heterocycles. The van der Waals surface area contributed by atoms with Gasteiger partial charge in [-0.25, -0.2) is 24.9 Å². The van der Waals surface area contributed by atoms with E-state index in [1.165, 1.54) is 0 Å². The van der Waals surface area contributed by atoms with Gasteiger partial charge in [-0.1, -0.05) is 237 Å². The maximum absolute atomic E-state index is 5.64. The van der Waals surface area contributed by atoms with Crippen molar-refractivity contribution in [2.45, 2.75) is 0 Å². The third-order valence-corrected chi connectivity index (χ3v) is 14.3. The van der Waals surface area contributed by atoms with E-state index in [1.54, 1.807) is 0 Å². The molecule has 10 aromatic carbocycles. The Balaban J connectivity index is 1.07. The molecule has 0 saturated carbocycles. The molecule has 0 radical (unpaired) electrons. The summed E-state index contributed by atoms with van der Waals surface area (Å²) in [5, 5.41) is 0. The zero-order valence-corrected chi connectivity index (χ0v) is 43.2. The van der Waals surface area contributed by atoms with Crippen LogP contribution in [0.4, 0.5) is 34.4 Å². The summed E-state index contributed by atoms with van der Waals surface area (Å²) < 4.78 is 0. The standard InChI is InChI=1S/C71H47N9/c1-8-26-48(27-9-1)56-46-57(49-28-10-2-11-29-49)74-70(73-56)55-44-45-64(66(65(55)51-32-14-4-15-33-51)59-47-58(50-30-12-3-13-31-50)72-67(75-59)52-34-16-5-17-35-52)79-60-40-22-24-42-62(60)80(63-43-25-23-41-61(63)79)71-77-68(53-36-18-6-19-37-53)76-69(78-71)54-38-20-7-21-39-54/h1-47H. The molecule has 0 aliphatic carbocycles. The smallest absolute Gasteiger partial charge is 0.238 e. The Morgan fingerprint density at radius 2 is 0.512 bits per heavy atom. The summed E-state index contributed by atoms with van der Waals surface area (Å²) in [5.41, 5.74) is 16.7. The Morgan fingerprint density at radius 1 is 0.200 bits per heavy atom. The molecule has 0 unspecified atom stereocenters. The zero-order valence-electron chi connectivity index (χ0n) is 43.2. The Bertz CT molecular complexity index is 4120. The van der Waals surface area contributed by atoms with E-state index >= 15 is 0 Å². The Labute approximate surface area is 463 Å². The summed E-state index contributed by atoms with van der Waals surface area (Å²) in [5.74, 6) is 2.78. The van der Waals surface area contributed by atoms with Crippen LogP contribution in [-0.2, 0) is 0 Å². The quantitative estimate of drug-likeness (QED) is 0.125. The van der Waals surface area contributed by atoms with Crippen molar-refractivity contribution in [1.82, 2.24) is 34.9 Å². The second-order valence-corrected chi connectivity index (χ2v) is 19.3. The molecule has 9 nitrogen and oxygen atoms in total. The van der Waals surface area contributed by atoms with E-state index in [1.807, 2.05) is 133 Å². The van der Waals surface area contributed by atoms with Crippen LogP contribution in [0, 0.1) is 0 Å². The van der Waals surface area contributed by atoms with Gasteiger partial charge in [0, 0.05) is 50.1 Å². The van der Waals surface area contributed by atoms with Gasteiger partial charge in [-0.05, 0) is 54.1 Å². The first-order valence-corrected chi connectivity index (χ1v) is 26.6. The fraction of sp³-hybridized carbons (Fsp3) is 0. The fourth-order valence-electron chi connectivity index (χ4n) is 10.6. The number of nitrogens with zero attached hydrogens (tertiary/aromatic N) is 9.